The Morgan fingerprint density at radius 3 is 2.10 bits per heavy atom. The lowest BCUT2D eigenvalue weighted by Crippen LogP contribution is -2.02. The molecule has 6 aromatic rings. The fraction of sp³-hybridized carbons (Fsp3) is 0.176. The molecule has 42 heavy (non-hydrogen) atoms. The zero-order valence-corrected chi connectivity index (χ0v) is 24.0. The molecule has 0 unspecified atom stereocenters. The Labute approximate surface area is 250 Å². The van der Waals surface area contributed by atoms with Crippen molar-refractivity contribution in [2.24, 2.45) is 0 Å². The minimum atomic E-state index is 0.0366. The molecule has 2 aromatic carbocycles. The van der Waals surface area contributed by atoms with Gasteiger partial charge in [-0.3, -0.25) is 9.59 Å². The van der Waals surface area contributed by atoms with Gasteiger partial charge < -0.3 is 0 Å². The van der Waals surface area contributed by atoms with Crippen molar-refractivity contribution in [3.8, 4) is 11.8 Å². The van der Waals surface area contributed by atoms with Crippen LogP contribution in [0, 0.1) is 25.7 Å². The fourth-order valence-electron chi connectivity index (χ4n) is 4.49. The van der Waals surface area contributed by atoms with Crippen LogP contribution >= 0.6 is 0 Å². The number of aromatic nitrogens is 6. The van der Waals surface area contributed by atoms with E-state index in [9.17, 15) is 9.59 Å². The Kier molecular flexibility index (Phi) is 7.54. The van der Waals surface area contributed by atoms with Gasteiger partial charge in [0.15, 0.2) is 22.9 Å². The molecule has 0 saturated heterocycles. The van der Waals surface area contributed by atoms with E-state index < -0.39 is 0 Å². The van der Waals surface area contributed by atoms with E-state index in [1.807, 2.05) is 78.3 Å². The minimum absolute atomic E-state index is 0.0366. The van der Waals surface area contributed by atoms with E-state index >= 15 is 0 Å². The predicted molar refractivity (Wildman–Crippen MR) is 166 cm³/mol. The Morgan fingerprint density at radius 1 is 0.762 bits per heavy atom. The fourth-order valence-corrected chi connectivity index (χ4v) is 4.49. The van der Waals surface area contributed by atoms with Crippen molar-refractivity contribution in [2.45, 2.75) is 40.5 Å². The third kappa shape index (κ3) is 6.31. The largest absolute Gasteiger partial charge is 0.295 e. The van der Waals surface area contributed by atoms with E-state index in [0.717, 1.165) is 52.2 Å². The summed E-state index contributed by atoms with van der Waals surface area (Å²) in [6.07, 6.45) is 8.74. The average Bonchev–Trinajstić information content (AvgIpc) is 3.70. The Balaban J connectivity index is 0.000000226. The number of benzene rings is 2. The summed E-state index contributed by atoms with van der Waals surface area (Å²) in [5.74, 6) is 6.31. The first-order valence-corrected chi connectivity index (χ1v) is 13.6. The number of carbonyl (C=O) groups is 2. The van der Waals surface area contributed by atoms with Gasteiger partial charge in [0.25, 0.3) is 0 Å². The summed E-state index contributed by atoms with van der Waals surface area (Å²) >= 11 is 0. The molecule has 0 aliphatic rings. The number of rotatable bonds is 5. The molecule has 4 heterocycles. The van der Waals surface area contributed by atoms with Crippen molar-refractivity contribution < 1.29 is 15.5 Å². The van der Waals surface area contributed by atoms with Crippen molar-refractivity contribution in [3.05, 3.63) is 130 Å². The van der Waals surface area contributed by atoms with Gasteiger partial charge >= 0.3 is 0 Å². The number of carbonyl (C=O) groups excluding carboxylic acids is 2. The molecule has 0 amide bonds. The van der Waals surface area contributed by atoms with Gasteiger partial charge in [-0.25, -0.2) is 19.0 Å². The lowest BCUT2D eigenvalue weighted by atomic mass is 9.99. The van der Waals surface area contributed by atoms with E-state index in [1.165, 1.54) is 11.1 Å². The zero-order chi connectivity index (χ0) is 33.6. The van der Waals surface area contributed by atoms with Gasteiger partial charge in [0.05, 0.1) is 18.1 Å². The average molecular weight is 563 g/mol. The molecule has 0 aliphatic carbocycles. The van der Waals surface area contributed by atoms with Crippen LogP contribution in [0.25, 0.3) is 11.3 Å². The van der Waals surface area contributed by atoms with Gasteiger partial charge in [0, 0.05) is 35.0 Å². The number of imidazole rings is 2. The number of fused-ring (bicyclic) bond motifs is 2. The summed E-state index contributed by atoms with van der Waals surface area (Å²) in [5.41, 5.74) is 9.15. The van der Waals surface area contributed by atoms with Crippen LogP contribution < -0.4 is 0 Å². The van der Waals surface area contributed by atoms with E-state index in [-0.39, 0.29) is 11.6 Å². The summed E-state index contributed by atoms with van der Waals surface area (Å²) < 4.78 is 23.6. The van der Waals surface area contributed by atoms with Crippen LogP contribution in [0.1, 0.15) is 74.1 Å². The van der Waals surface area contributed by atoms with Gasteiger partial charge in [0.1, 0.15) is 5.69 Å². The molecule has 0 bridgehead atoms. The van der Waals surface area contributed by atoms with Crippen LogP contribution in [0.3, 0.4) is 0 Å². The molecule has 0 atom stereocenters. The molecule has 6 rings (SSSR count). The van der Waals surface area contributed by atoms with E-state index in [2.05, 4.69) is 38.9 Å². The van der Waals surface area contributed by atoms with Crippen molar-refractivity contribution in [1.82, 2.24) is 29.2 Å². The van der Waals surface area contributed by atoms with Crippen molar-refractivity contribution in [1.29, 1.82) is 0 Å². The third-order valence-electron chi connectivity index (χ3n) is 7.00. The molecule has 0 aliphatic heterocycles. The standard InChI is InChI=1S/C17H17N3O.C17H13N3O.2H2/c2*1-12-5-6-15(13(2)21)10-14(12)7-8-16-11-18-17-4-3-9-19-20(16)17;;/h3-6,9-11H,7-8H2,1-2H3;3-6,9-11H,1-2H3;2*1H/i;;2*1+1D. The van der Waals surface area contributed by atoms with Crippen LogP contribution in [0.5, 0.6) is 0 Å². The molecule has 0 fully saturated rings. The molecule has 0 spiro atoms. The molecule has 0 N–H and O–H groups in total. The van der Waals surface area contributed by atoms with Crippen LogP contribution in [0.2, 0.25) is 0 Å². The smallest absolute Gasteiger partial charge is 0.159 e. The maximum Gasteiger partial charge on any atom is 0.159 e. The molecule has 8 heteroatoms. The van der Waals surface area contributed by atoms with Gasteiger partial charge in [-0.05, 0) is 99.5 Å². The van der Waals surface area contributed by atoms with Gasteiger partial charge in [-0.15, -0.1) is 0 Å². The van der Waals surface area contributed by atoms with E-state index in [1.54, 1.807) is 37.0 Å². The lowest BCUT2D eigenvalue weighted by molar-refractivity contribution is 0.100. The number of hydrogen-bond acceptors (Lipinski definition) is 6. The third-order valence-corrected chi connectivity index (χ3v) is 7.00. The molecule has 8 nitrogen and oxygen atoms in total. The van der Waals surface area contributed by atoms with Crippen LogP contribution in [-0.2, 0) is 12.8 Å². The first-order valence-electron chi connectivity index (χ1n) is 15.6. The monoisotopic (exact) mass is 562 g/mol. The van der Waals surface area contributed by atoms with Crippen LogP contribution in [-0.4, -0.2) is 40.8 Å². The quantitative estimate of drug-likeness (QED) is 0.185. The zero-order valence-electron chi connectivity index (χ0n) is 28.0. The van der Waals surface area contributed by atoms with Crippen LogP contribution in [0.4, 0.5) is 0 Å². The maximum atomic E-state index is 11.5. The summed E-state index contributed by atoms with van der Waals surface area (Å²) in [6, 6.07) is 19.0. The second-order valence-electron chi connectivity index (χ2n) is 10.0. The second kappa shape index (κ2) is 12.4. The van der Waals surface area contributed by atoms with E-state index in [4.69, 9.17) is 5.94 Å². The summed E-state index contributed by atoms with van der Waals surface area (Å²) in [5, 5.41) is 8.54. The highest BCUT2D eigenvalue weighted by Crippen LogP contribution is 2.16. The Bertz CT molecular complexity index is 2010. The summed E-state index contributed by atoms with van der Waals surface area (Å²) in [6.45, 7) is 7.20. The molecule has 0 saturated carbocycles. The normalized spacial score (nSPS) is 11.0. The van der Waals surface area contributed by atoms with E-state index in [0.29, 0.717) is 5.56 Å². The number of hydrogen-bond donors (Lipinski definition) is 0. The summed E-state index contributed by atoms with van der Waals surface area (Å²) in [7, 11) is 0. The second-order valence-corrected chi connectivity index (χ2v) is 10.0. The molecule has 4 aromatic heterocycles. The molecule has 0 radical (unpaired) electrons. The van der Waals surface area contributed by atoms with Crippen molar-refractivity contribution in [3.63, 3.8) is 0 Å². The first-order chi connectivity index (χ1) is 22.3. The number of aryl methyl sites for hydroxylation is 4. The molecule has 212 valence electrons. The van der Waals surface area contributed by atoms with Crippen LogP contribution in [0.15, 0.2) is 85.5 Å². The highest BCUT2D eigenvalue weighted by atomic mass is 16.1. The topological polar surface area (TPSA) is 94.5 Å². The number of Topliss-reactive ketones (excluding diaryl/α,β-unsaturated/α-hetero) is 2. The maximum absolute atomic E-state index is 11.5. The lowest BCUT2D eigenvalue weighted by Gasteiger charge is -2.07. The SMILES string of the molecule is CC(=O)c1ccc(C)c(C#Cc2cnc3cccnn23)c1.CC(=O)c1ccc(C)c(CCc2cnc3cccnn23)c1.[2H][2H].[2H][2H]. The van der Waals surface area contributed by atoms with Crippen molar-refractivity contribution in [2.75, 3.05) is 0 Å². The number of nitrogens with zero attached hydrogens (tertiary/aromatic N) is 6. The number of ketones is 2. The summed E-state index contributed by atoms with van der Waals surface area (Å²) in [4.78, 5) is 31.5. The van der Waals surface area contributed by atoms with Gasteiger partial charge in [-0.1, -0.05) is 30.2 Å². The molecular formula is C34H34N6O2. The highest BCUT2D eigenvalue weighted by Gasteiger charge is 2.08. The first kappa shape index (κ1) is 25.5. The predicted octanol–water partition coefficient (Wildman–Crippen LogP) is 6.16. The van der Waals surface area contributed by atoms with Crippen molar-refractivity contribution >= 4 is 22.9 Å². The minimum Gasteiger partial charge on any atom is -0.295 e. The van der Waals surface area contributed by atoms with Gasteiger partial charge in [0.2, 0.25) is 0 Å². The Morgan fingerprint density at radius 2 is 1.38 bits per heavy atom. The highest BCUT2D eigenvalue weighted by molar-refractivity contribution is 5.94. The Hall–Kier alpha value is -5.42. The van der Waals surface area contributed by atoms with Gasteiger partial charge in [-0.2, -0.15) is 10.2 Å². The molecular weight excluding hydrogens is 524 g/mol.